The molecule has 0 amide bonds. The summed E-state index contributed by atoms with van der Waals surface area (Å²) in [4.78, 5) is 0. The quantitative estimate of drug-likeness (QED) is 0.149. The van der Waals surface area contributed by atoms with Crippen molar-refractivity contribution in [1.82, 2.24) is 9.13 Å². The van der Waals surface area contributed by atoms with Crippen LogP contribution in [0.2, 0.25) is 0 Å². The molecule has 2 heterocycles. The van der Waals surface area contributed by atoms with Crippen LogP contribution in [0.1, 0.15) is 106 Å². The molecule has 2 N–H and O–H groups in total. The van der Waals surface area contributed by atoms with Gasteiger partial charge in [-0.2, -0.15) is 0 Å². The molecule has 0 unspecified atom stereocenters. The minimum absolute atomic E-state index is 0.0455. The summed E-state index contributed by atoms with van der Waals surface area (Å²) < 4.78 is 4.85. The lowest BCUT2D eigenvalue weighted by Gasteiger charge is -2.07. The first-order valence-electron chi connectivity index (χ1n) is 25.0. The number of unbranched alkanes of at least 4 members (excludes halogenated alkanes) is 2. The highest BCUT2D eigenvalue weighted by molar-refractivity contribution is 6.10. The number of hydrogen-bond acceptors (Lipinski definition) is 2. The number of aromatic nitrogens is 2. The Morgan fingerprint density at radius 1 is 0.319 bits per heavy atom. The molecule has 0 bridgehead atoms. The van der Waals surface area contributed by atoms with Gasteiger partial charge in [-0.3, -0.25) is 0 Å². The molecule has 0 saturated carbocycles. The second-order valence-corrected chi connectivity index (χ2v) is 18.4. The third kappa shape index (κ3) is 11.6. The average Bonchev–Trinajstić information content (AvgIpc) is 3.90. The maximum Gasteiger partial charge on any atom is 0.0681 e. The van der Waals surface area contributed by atoms with Crippen molar-refractivity contribution in [3.63, 3.8) is 0 Å². The lowest BCUT2D eigenvalue weighted by Crippen LogP contribution is -1.97. The third-order valence-electron chi connectivity index (χ3n) is 13.0. The summed E-state index contributed by atoms with van der Waals surface area (Å²) in [6.45, 7) is 10.7. The molecule has 2 aromatic heterocycles. The Hall–Kier alpha value is -8.48. The highest BCUT2D eigenvalue weighted by Crippen LogP contribution is 2.33. The molecule has 352 valence electrons. The first-order valence-corrected chi connectivity index (χ1v) is 25.0. The van der Waals surface area contributed by atoms with E-state index in [1.165, 1.54) is 54.7 Å². The van der Waals surface area contributed by atoms with Gasteiger partial charge in [0.2, 0.25) is 0 Å². The Balaban J connectivity index is 0.000000178. The zero-order chi connectivity index (χ0) is 49.8. The minimum Gasteiger partial charge on any atom is -0.392 e. The molecule has 0 fully saturated rings. The molecule has 10 rings (SSSR count). The fourth-order valence-electron chi connectivity index (χ4n) is 8.86. The number of benzene rings is 8. The van der Waals surface area contributed by atoms with E-state index >= 15 is 0 Å². The van der Waals surface area contributed by atoms with Crippen molar-refractivity contribution in [2.75, 3.05) is 0 Å². The number of hydrogen-bond donors (Lipinski definition) is 2. The van der Waals surface area contributed by atoms with Gasteiger partial charge in [0.1, 0.15) is 0 Å². The van der Waals surface area contributed by atoms with Crippen molar-refractivity contribution < 1.29 is 10.2 Å². The topological polar surface area (TPSA) is 50.3 Å². The van der Waals surface area contributed by atoms with Gasteiger partial charge < -0.3 is 19.3 Å². The first kappa shape index (κ1) is 48.5. The van der Waals surface area contributed by atoms with Crippen LogP contribution in [0.25, 0.3) is 43.6 Å². The van der Waals surface area contributed by atoms with Gasteiger partial charge in [-0.1, -0.05) is 146 Å². The second kappa shape index (κ2) is 23.0. The number of nitrogens with zero attached hydrogens (tertiary/aromatic N) is 2. The fraction of sp³-hybridized carbons (Fsp3) is 0.176. The SMILES string of the molecule is CCCCn1c2cc(C#Cc3ccc(C)cc3)ccc2c2ccc(C#Cc3ccc(CO)cc3)cc21.CCCCn1c2ccc(C#Cc3ccc(C)cc3)cc2c2cc(C#Cc3ccc(CO)cc3)ccc21. The predicted octanol–water partition coefficient (Wildman–Crippen LogP) is 14.4. The van der Waals surface area contributed by atoms with Gasteiger partial charge in [-0.05, 0) is 147 Å². The molecule has 0 atom stereocenters. The van der Waals surface area contributed by atoms with E-state index in [4.69, 9.17) is 0 Å². The molecule has 0 aliphatic rings. The van der Waals surface area contributed by atoms with E-state index < -0.39 is 0 Å². The van der Waals surface area contributed by atoms with Gasteiger partial charge in [0.25, 0.3) is 0 Å². The van der Waals surface area contributed by atoms with Crippen molar-refractivity contribution in [1.29, 1.82) is 0 Å². The molecule has 0 aliphatic heterocycles. The minimum atomic E-state index is 0.0455. The Kier molecular flexibility index (Phi) is 15.5. The standard InChI is InChI=1S/2C34H29NO/c1-3-4-21-35-33-19-17-28(13-9-26-7-5-25(2)6-8-26)22-31(33)32-23-29(18-20-34(32)35)14-10-27-11-15-30(24-36)16-12-27;1-3-4-21-35-33-22-28(13-9-26-7-5-25(2)6-8-26)17-19-31(33)32-20-18-29(23-34(32)35)14-10-27-11-15-30(24-36)16-12-27/h2*5-8,11-12,15-20,22-23,36H,3-4,21,24H2,1-2H3. The maximum atomic E-state index is 9.25. The molecular weight excluding hydrogens is 877 g/mol. The summed E-state index contributed by atoms with van der Waals surface area (Å²) in [6.07, 6.45) is 4.54. The van der Waals surface area contributed by atoms with Crippen molar-refractivity contribution in [2.45, 2.75) is 79.7 Å². The van der Waals surface area contributed by atoms with E-state index in [1.807, 2.05) is 48.5 Å². The van der Waals surface area contributed by atoms with Crippen molar-refractivity contribution >= 4 is 43.6 Å². The van der Waals surface area contributed by atoms with Crippen molar-refractivity contribution in [3.8, 4) is 47.4 Å². The van der Waals surface area contributed by atoms with E-state index in [1.54, 1.807) is 0 Å². The number of aliphatic hydroxyl groups is 2. The number of fused-ring (bicyclic) bond motifs is 6. The van der Waals surface area contributed by atoms with Crippen molar-refractivity contribution in [3.05, 3.63) is 237 Å². The van der Waals surface area contributed by atoms with Crippen LogP contribution in [0.4, 0.5) is 0 Å². The van der Waals surface area contributed by atoms with Crippen LogP contribution in [0.15, 0.2) is 170 Å². The molecule has 4 nitrogen and oxygen atoms in total. The van der Waals surface area contributed by atoms with E-state index in [-0.39, 0.29) is 13.2 Å². The van der Waals surface area contributed by atoms with Gasteiger partial charge in [0, 0.05) is 90.2 Å². The van der Waals surface area contributed by atoms with Gasteiger partial charge in [0.15, 0.2) is 0 Å². The zero-order valence-electron chi connectivity index (χ0n) is 41.6. The van der Waals surface area contributed by atoms with Crippen molar-refractivity contribution in [2.24, 2.45) is 0 Å². The lowest BCUT2D eigenvalue weighted by atomic mass is 10.1. The van der Waals surface area contributed by atoms with Crippen LogP contribution in [-0.2, 0) is 26.3 Å². The van der Waals surface area contributed by atoms with Crippen LogP contribution in [0, 0.1) is 61.2 Å². The third-order valence-corrected chi connectivity index (χ3v) is 13.0. The second-order valence-electron chi connectivity index (χ2n) is 18.4. The van der Waals surface area contributed by atoms with E-state index in [9.17, 15) is 10.2 Å². The summed E-state index contributed by atoms with van der Waals surface area (Å²) >= 11 is 0. The molecule has 72 heavy (non-hydrogen) atoms. The lowest BCUT2D eigenvalue weighted by molar-refractivity contribution is 0.281. The van der Waals surface area contributed by atoms with Crippen LogP contribution >= 0.6 is 0 Å². The summed E-state index contributed by atoms with van der Waals surface area (Å²) in [5.74, 6) is 26.5. The Morgan fingerprint density at radius 3 is 0.958 bits per heavy atom. The summed E-state index contributed by atoms with van der Waals surface area (Å²) in [5.41, 5.74) is 17.1. The molecule has 0 radical (unpaired) electrons. The van der Waals surface area contributed by atoms with Crippen LogP contribution in [0.3, 0.4) is 0 Å². The van der Waals surface area contributed by atoms with Gasteiger partial charge >= 0.3 is 0 Å². The van der Waals surface area contributed by atoms with Gasteiger partial charge in [-0.25, -0.2) is 0 Å². The largest absolute Gasteiger partial charge is 0.392 e. The van der Waals surface area contributed by atoms with Crippen LogP contribution in [-0.4, -0.2) is 19.3 Å². The fourth-order valence-corrected chi connectivity index (χ4v) is 8.86. The number of rotatable bonds is 8. The maximum absolute atomic E-state index is 9.25. The summed E-state index contributed by atoms with van der Waals surface area (Å²) in [7, 11) is 0. The summed E-state index contributed by atoms with van der Waals surface area (Å²) in [6, 6.07) is 58.2. The average molecular weight is 935 g/mol. The Bertz CT molecular complexity index is 3800. The van der Waals surface area contributed by atoms with E-state index in [0.29, 0.717) is 0 Å². The molecule has 0 saturated heterocycles. The smallest absolute Gasteiger partial charge is 0.0681 e. The predicted molar refractivity (Wildman–Crippen MR) is 300 cm³/mol. The normalized spacial score (nSPS) is 10.6. The summed E-state index contributed by atoms with van der Waals surface area (Å²) in [5, 5.41) is 23.4. The molecule has 4 heteroatoms. The van der Waals surface area contributed by atoms with Gasteiger partial charge in [0.05, 0.1) is 24.2 Å². The Morgan fingerprint density at radius 2 is 0.611 bits per heavy atom. The molecule has 8 aromatic carbocycles. The number of aryl methyl sites for hydroxylation is 4. The first-order chi connectivity index (χ1) is 35.3. The van der Waals surface area contributed by atoms with E-state index in [2.05, 4.69) is 206 Å². The van der Waals surface area contributed by atoms with Crippen LogP contribution < -0.4 is 0 Å². The molecule has 0 spiro atoms. The van der Waals surface area contributed by atoms with Gasteiger partial charge in [-0.15, -0.1) is 0 Å². The number of aliphatic hydroxyl groups excluding tert-OH is 2. The molecule has 10 aromatic rings. The highest BCUT2D eigenvalue weighted by Gasteiger charge is 2.13. The van der Waals surface area contributed by atoms with E-state index in [0.717, 1.165) is 94.4 Å². The highest BCUT2D eigenvalue weighted by atomic mass is 16.3. The molecular formula is C68H58N2O2. The van der Waals surface area contributed by atoms with Crippen LogP contribution in [0.5, 0.6) is 0 Å². The zero-order valence-corrected chi connectivity index (χ0v) is 41.6. The Labute approximate surface area is 424 Å². The monoisotopic (exact) mass is 934 g/mol. The molecule has 0 aliphatic carbocycles.